The lowest BCUT2D eigenvalue weighted by molar-refractivity contribution is -0.137. The summed E-state index contributed by atoms with van der Waals surface area (Å²) in [7, 11) is -2.48. The van der Waals surface area contributed by atoms with Crippen molar-refractivity contribution in [3.63, 3.8) is 0 Å². The summed E-state index contributed by atoms with van der Waals surface area (Å²) >= 11 is 6.18. The third-order valence-corrected chi connectivity index (χ3v) is 6.77. The van der Waals surface area contributed by atoms with Crippen LogP contribution in [0.5, 0.6) is 11.5 Å². The summed E-state index contributed by atoms with van der Waals surface area (Å²) in [6.07, 6.45) is 2.23. The molecule has 0 bridgehead atoms. The Morgan fingerprint density at radius 2 is 2.04 bits per heavy atom. The summed E-state index contributed by atoms with van der Waals surface area (Å²) in [6, 6.07) is 0. The fourth-order valence-electron chi connectivity index (χ4n) is 3.33. The highest BCUT2D eigenvalue weighted by Gasteiger charge is 2.36. The number of aromatic hydroxyl groups is 1. The number of carboxylic acids is 1. The highest BCUT2D eigenvalue weighted by Crippen LogP contribution is 2.42. The van der Waals surface area contributed by atoms with E-state index >= 15 is 0 Å². The molecule has 0 aromatic heterocycles. The molecule has 1 aliphatic rings. The number of esters is 1. The second-order valence-electron chi connectivity index (χ2n) is 6.59. The molecule has 0 radical (unpaired) electrons. The van der Waals surface area contributed by atoms with Gasteiger partial charge in [-0.2, -0.15) is 0 Å². The Hall–Kier alpha value is -2.26. The third-order valence-electron chi connectivity index (χ3n) is 4.74. The number of fused-ring (bicyclic) bond motifs is 1. The predicted molar refractivity (Wildman–Crippen MR) is 102 cm³/mol. The van der Waals surface area contributed by atoms with Crippen molar-refractivity contribution in [1.82, 2.24) is 0 Å². The first kappa shape index (κ1) is 22.0. The van der Waals surface area contributed by atoms with Crippen LogP contribution in [0, 0.1) is 12.8 Å². The molecular formula is C18H21ClO8S. The second kappa shape index (κ2) is 8.00. The quantitative estimate of drug-likeness (QED) is 0.627. The molecule has 0 aliphatic carbocycles. The predicted octanol–water partition coefficient (Wildman–Crippen LogP) is 2.18. The minimum absolute atomic E-state index is 0.00000567. The average Bonchev–Trinajstić information content (AvgIpc) is 2.96. The number of ether oxygens (including phenoxy) is 2. The number of halogens is 1. The fraction of sp³-hybridized carbons (Fsp3) is 0.444. The smallest absolute Gasteiger partial charge is 0.342 e. The number of phenols is 1. The molecule has 2 N–H and O–H groups in total. The molecule has 1 heterocycles. The first-order chi connectivity index (χ1) is 12.9. The number of sulfone groups is 1. The zero-order valence-corrected chi connectivity index (χ0v) is 17.3. The van der Waals surface area contributed by atoms with Gasteiger partial charge in [0.2, 0.25) is 0 Å². The summed E-state index contributed by atoms with van der Waals surface area (Å²) in [6.45, 7) is 3.15. The van der Waals surface area contributed by atoms with E-state index in [9.17, 15) is 28.2 Å². The van der Waals surface area contributed by atoms with Gasteiger partial charge in [-0.3, -0.25) is 4.79 Å². The molecular weight excluding hydrogens is 412 g/mol. The van der Waals surface area contributed by atoms with E-state index in [4.69, 9.17) is 21.1 Å². The number of benzene rings is 1. The van der Waals surface area contributed by atoms with Crippen molar-refractivity contribution in [1.29, 1.82) is 0 Å². The lowest BCUT2D eigenvalue weighted by Gasteiger charge is -2.19. The summed E-state index contributed by atoms with van der Waals surface area (Å²) in [5.74, 6) is -3.11. The molecule has 0 fully saturated rings. The fourth-order valence-corrected chi connectivity index (χ4v) is 4.86. The number of rotatable bonds is 7. The average molecular weight is 433 g/mol. The van der Waals surface area contributed by atoms with E-state index in [1.165, 1.54) is 20.1 Å². The molecule has 8 nitrogen and oxygen atoms in total. The Balaban J connectivity index is 2.46. The van der Waals surface area contributed by atoms with Gasteiger partial charge in [0, 0.05) is 28.3 Å². The van der Waals surface area contributed by atoms with Crippen molar-refractivity contribution < 1.29 is 37.7 Å². The molecule has 10 heteroatoms. The van der Waals surface area contributed by atoms with Gasteiger partial charge in [-0.25, -0.2) is 13.2 Å². The Labute approximate surface area is 167 Å². The number of carbonyl (C=O) groups excluding carboxylic acids is 1. The molecule has 1 aromatic rings. The van der Waals surface area contributed by atoms with Crippen LogP contribution in [0.3, 0.4) is 0 Å². The van der Waals surface area contributed by atoms with Crippen LogP contribution in [0.2, 0.25) is 0 Å². The summed E-state index contributed by atoms with van der Waals surface area (Å²) in [4.78, 5) is 23.3. The summed E-state index contributed by atoms with van der Waals surface area (Å²) < 4.78 is 33.9. The number of aliphatic carboxylic acids is 1. The van der Waals surface area contributed by atoms with Gasteiger partial charge >= 0.3 is 11.9 Å². The van der Waals surface area contributed by atoms with E-state index < -0.39 is 32.9 Å². The highest BCUT2D eigenvalue weighted by atomic mass is 35.5. The molecule has 28 heavy (non-hydrogen) atoms. The van der Waals surface area contributed by atoms with Crippen molar-refractivity contribution in [2.45, 2.75) is 32.1 Å². The number of cyclic esters (lactones) is 1. The summed E-state index contributed by atoms with van der Waals surface area (Å²) in [5.41, 5.74) is 1.50. The SMILES string of the molecule is COc1c(C)c2c(c(O)c1C/C=C(\Cl)C(C)C(C(=O)O)S(C)(=O)=O)C(=O)OC2. The van der Waals surface area contributed by atoms with Gasteiger partial charge in [0.15, 0.2) is 15.1 Å². The van der Waals surface area contributed by atoms with Crippen molar-refractivity contribution >= 4 is 33.4 Å². The molecule has 1 aromatic carbocycles. The number of carboxylic acid groups (broad SMARTS) is 1. The van der Waals surface area contributed by atoms with E-state index in [2.05, 4.69) is 0 Å². The zero-order valence-electron chi connectivity index (χ0n) is 15.8. The van der Waals surface area contributed by atoms with Crippen LogP contribution in [-0.2, 0) is 32.4 Å². The zero-order chi connectivity index (χ0) is 21.4. The maximum atomic E-state index is 11.9. The topological polar surface area (TPSA) is 127 Å². The van der Waals surface area contributed by atoms with Crippen molar-refractivity contribution in [2.75, 3.05) is 13.4 Å². The Kier molecular flexibility index (Phi) is 6.30. The van der Waals surface area contributed by atoms with Gasteiger partial charge in [-0.15, -0.1) is 0 Å². The molecule has 0 amide bonds. The number of hydrogen-bond acceptors (Lipinski definition) is 7. The van der Waals surface area contributed by atoms with Crippen LogP contribution in [0.4, 0.5) is 0 Å². The molecule has 2 rings (SSSR count). The number of methoxy groups -OCH3 is 1. The van der Waals surface area contributed by atoms with Crippen molar-refractivity contribution in [3.8, 4) is 11.5 Å². The van der Waals surface area contributed by atoms with Gasteiger partial charge in [0.1, 0.15) is 23.7 Å². The molecule has 154 valence electrons. The molecule has 2 unspecified atom stereocenters. The highest BCUT2D eigenvalue weighted by molar-refractivity contribution is 7.92. The number of allylic oxidation sites excluding steroid dienone is 2. The largest absolute Gasteiger partial charge is 0.507 e. The van der Waals surface area contributed by atoms with E-state index in [1.54, 1.807) is 6.92 Å². The molecule has 0 saturated carbocycles. The molecule has 1 aliphatic heterocycles. The standard InChI is InChI=1S/C18H21ClO8S/c1-8-11-7-27-18(23)13(11)14(20)10(15(8)26-3)5-6-12(19)9(2)16(17(21)22)28(4,24)25/h6,9,16,20H,5,7H2,1-4H3,(H,21,22)/b12-6-. The van der Waals surface area contributed by atoms with Gasteiger partial charge in [0.25, 0.3) is 0 Å². The van der Waals surface area contributed by atoms with Crippen LogP contribution < -0.4 is 4.74 Å². The van der Waals surface area contributed by atoms with Crippen LogP contribution in [0.1, 0.15) is 34.0 Å². The van der Waals surface area contributed by atoms with E-state index in [0.29, 0.717) is 16.9 Å². The van der Waals surface area contributed by atoms with Crippen molar-refractivity contribution in [2.24, 2.45) is 5.92 Å². The van der Waals surface area contributed by atoms with Crippen LogP contribution in [-0.4, -0.2) is 49.2 Å². The second-order valence-corrected chi connectivity index (χ2v) is 9.19. The Bertz CT molecular complexity index is 965. The van der Waals surface area contributed by atoms with Gasteiger partial charge in [-0.05, 0) is 18.9 Å². The molecule has 0 saturated heterocycles. The number of phenolic OH excluding ortho intramolecular Hbond substituents is 1. The third kappa shape index (κ3) is 3.95. The van der Waals surface area contributed by atoms with Crippen LogP contribution >= 0.6 is 11.6 Å². The molecule has 0 spiro atoms. The van der Waals surface area contributed by atoms with Gasteiger partial charge in [-0.1, -0.05) is 24.6 Å². The van der Waals surface area contributed by atoms with Crippen LogP contribution in [0.15, 0.2) is 11.1 Å². The molecule has 2 atom stereocenters. The minimum Gasteiger partial charge on any atom is -0.507 e. The van der Waals surface area contributed by atoms with Gasteiger partial charge in [0.05, 0.1) is 7.11 Å². The monoisotopic (exact) mass is 432 g/mol. The number of carbonyl (C=O) groups is 2. The number of hydrogen-bond donors (Lipinski definition) is 2. The normalized spacial score (nSPS) is 16.3. The van der Waals surface area contributed by atoms with Crippen molar-refractivity contribution in [3.05, 3.63) is 33.4 Å². The summed E-state index contributed by atoms with van der Waals surface area (Å²) in [5, 5.41) is 18.1. The first-order valence-electron chi connectivity index (χ1n) is 8.27. The van der Waals surface area contributed by atoms with E-state index in [1.807, 2.05) is 0 Å². The minimum atomic E-state index is -3.89. The lowest BCUT2D eigenvalue weighted by atomic mass is 9.95. The Morgan fingerprint density at radius 1 is 1.43 bits per heavy atom. The van der Waals surface area contributed by atoms with E-state index in [0.717, 1.165) is 6.26 Å². The van der Waals surface area contributed by atoms with Gasteiger partial charge < -0.3 is 19.7 Å². The van der Waals surface area contributed by atoms with E-state index in [-0.39, 0.29) is 34.9 Å². The Morgan fingerprint density at radius 3 is 2.54 bits per heavy atom. The lowest BCUT2D eigenvalue weighted by Crippen LogP contribution is -2.35. The van der Waals surface area contributed by atoms with Crippen LogP contribution in [0.25, 0.3) is 0 Å². The maximum absolute atomic E-state index is 11.9. The maximum Gasteiger partial charge on any atom is 0.342 e. The first-order valence-corrected chi connectivity index (χ1v) is 10.6.